The first-order valence-electron chi connectivity index (χ1n) is 12.0. The lowest BCUT2D eigenvalue weighted by Gasteiger charge is -2.32. The molecule has 5 rings (SSSR count). The van der Waals surface area contributed by atoms with Crippen molar-refractivity contribution in [3.8, 4) is 0 Å². The molecule has 0 aromatic heterocycles. The summed E-state index contributed by atoms with van der Waals surface area (Å²) in [4.78, 5) is 17.7. The van der Waals surface area contributed by atoms with Crippen LogP contribution < -0.4 is 4.90 Å². The number of hydrogen-bond acceptors (Lipinski definition) is 2. The van der Waals surface area contributed by atoms with Crippen LogP contribution in [0.5, 0.6) is 0 Å². The minimum atomic E-state index is 0.116. The SMILES string of the molecule is O=C(c1ccc(CN2CCC(Cc3ccccc3)CC2)cc1)N1CCCc2ccccc21. The van der Waals surface area contributed by atoms with Gasteiger partial charge >= 0.3 is 0 Å². The fourth-order valence-corrected chi connectivity index (χ4v) is 5.21. The fraction of sp³-hybridized carbons (Fsp3) is 0.345. The van der Waals surface area contributed by atoms with Crippen LogP contribution in [0.1, 0.15) is 46.3 Å². The Morgan fingerprint density at radius 1 is 0.781 bits per heavy atom. The monoisotopic (exact) mass is 424 g/mol. The van der Waals surface area contributed by atoms with Crippen molar-refractivity contribution < 1.29 is 4.79 Å². The summed E-state index contributed by atoms with van der Waals surface area (Å²) in [6.07, 6.45) is 5.81. The molecular formula is C29H32N2O. The van der Waals surface area contributed by atoms with Crippen molar-refractivity contribution in [3.63, 3.8) is 0 Å². The van der Waals surface area contributed by atoms with E-state index in [1.165, 1.54) is 36.0 Å². The van der Waals surface area contributed by atoms with E-state index < -0.39 is 0 Å². The molecule has 2 aliphatic heterocycles. The van der Waals surface area contributed by atoms with Gasteiger partial charge in [0.2, 0.25) is 0 Å². The van der Waals surface area contributed by atoms with Crippen LogP contribution in [0.15, 0.2) is 78.9 Å². The number of carbonyl (C=O) groups excluding carboxylic acids is 1. The lowest BCUT2D eigenvalue weighted by Crippen LogP contribution is -2.35. The second-order valence-electron chi connectivity index (χ2n) is 9.30. The summed E-state index contributed by atoms with van der Waals surface area (Å²) < 4.78 is 0. The van der Waals surface area contributed by atoms with Gasteiger partial charge in [0.1, 0.15) is 0 Å². The number of benzene rings is 3. The highest BCUT2D eigenvalue weighted by atomic mass is 16.2. The molecule has 2 aliphatic rings. The molecule has 1 fully saturated rings. The molecule has 32 heavy (non-hydrogen) atoms. The number of piperidine rings is 1. The summed E-state index contributed by atoms with van der Waals surface area (Å²) in [5, 5.41) is 0. The van der Waals surface area contributed by atoms with Gasteiger partial charge in [0.25, 0.3) is 5.91 Å². The number of aryl methyl sites for hydroxylation is 1. The zero-order valence-electron chi connectivity index (χ0n) is 18.7. The molecule has 0 bridgehead atoms. The van der Waals surface area contributed by atoms with Gasteiger partial charge in [0.05, 0.1) is 0 Å². The summed E-state index contributed by atoms with van der Waals surface area (Å²) in [5.41, 5.74) is 5.89. The third-order valence-electron chi connectivity index (χ3n) is 7.04. The quantitative estimate of drug-likeness (QED) is 0.522. The van der Waals surface area contributed by atoms with E-state index in [1.54, 1.807) is 0 Å². The molecule has 2 heterocycles. The largest absolute Gasteiger partial charge is 0.308 e. The average molecular weight is 425 g/mol. The predicted octanol–water partition coefficient (Wildman–Crippen LogP) is 5.73. The number of hydrogen-bond donors (Lipinski definition) is 0. The molecule has 3 aromatic rings. The molecule has 0 saturated carbocycles. The van der Waals surface area contributed by atoms with Crippen molar-refractivity contribution >= 4 is 11.6 Å². The Morgan fingerprint density at radius 3 is 2.28 bits per heavy atom. The highest BCUT2D eigenvalue weighted by Crippen LogP contribution is 2.28. The number of carbonyl (C=O) groups is 1. The summed E-state index contributed by atoms with van der Waals surface area (Å²) >= 11 is 0. The number of nitrogens with zero attached hydrogens (tertiary/aromatic N) is 2. The number of amides is 1. The molecule has 0 spiro atoms. The van der Waals surface area contributed by atoms with Crippen LogP contribution in [0.4, 0.5) is 5.69 Å². The molecular weight excluding hydrogens is 392 g/mol. The molecule has 3 heteroatoms. The van der Waals surface area contributed by atoms with Gasteiger partial charge in [-0.15, -0.1) is 0 Å². The minimum Gasteiger partial charge on any atom is -0.308 e. The molecule has 1 amide bonds. The molecule has 3 nitrogen and oxygen atoms in total. The Balaban J connectivity index is 1.16. The number of rotatable bonds is 5. The van der Waals surface area contributed by atoms with Gasteiger partial charge in [-0.05, 0) is 86.0 Å². The first kappa shape index (κ1) is 21.0. The van der Waals surface area contributed by atoms with Gasteiger partial charge in [0, 0.05) is 24.3 Å². The van der Waals surface area contributed by atoms with Gasteiger partial charge < -0.3 is 4.90 Å². The summed E-state index contributed by atoms with van der Waals surface area (Å²) in [7, 11) is 0. The van der Waals surface area contributed by atoms with Crippen LogP contribution in [0.3, 0.4) is 0 Å². The predicted molar refractivity (Wildman–Crippen MR) is 131 cm³/mol. The van der Waals surface area contributed by atoms with E-state index in [9.17, 15) is 4.79 Å². The first-order chi connectivity index (χ1) is 15.8. The van der Waals surface area contributed by atoms with Crippen molar-refractivity contribution in [2.24, 2.45) is 5.92 Å². The maximum atomic E-state index is 13.2. The summed E-state index contributed by atoms with van der Waals surface area (Å²) in [6.45, 7) is 4.08. The smallest absolute Gasteiger partial charge is 0.258 e. The van der Waals surface area contributed by atoms with Crippen molar-refractivity contribution in [2.45, 2.75) is 38.6 Å². The van der Waals surface area contributed by atoms with E-state index in [0.29, 0.717) is 0 Å². The minimum absolute atomic E-state index is 0.116. The van der Waals surface area contributed by atoms with Gasteiger partial charge in [-0.2, -0.15) is 0 Å². The number of fused-ring (bicyclic) bond motifs is 1. The number of para-hydroxylation sites is 1. The van der Waals surface area contributed by atoms with Crippen LogP contribution in [-0.2, 0) is 19.4 Å². The Hall–Kier alpha value is -2.91. The Labute approximate surface area is 191 Å². The van der Waals surface area contributed by atoms with Crippen LogP contribution in [-0.4, -0.2) is 30.4 Å². The van der Waals surface area contributed by atoms with Crippen LogP contribution in [0.2, 0.25) is 0 Å². The van der Waals surface area contributed by atoms with Crippen molar-refractivity contribution in [2.75, 3.05) is 24.5 Å². The number of likely N-dealkylation sites (tertiary alicyclic amines) is 1. The van der Waals surface area contributed by atoms with E-state index in [0.717, 1.165) is 56.2 Å². The second kappa shape index (κ2) is 9.70. The maximum absolute atomic E-state index is 13.2. The molecule has 0 atom stereocenters. The topological polar surface area (TPSA) is 23.6 Å². The highest BCUT2D eigenvalue weighted by molar-refractivity contribution is 6.06. The molecule has 0 N–H and O–H groups in total. The maximum Gasteiger partial charge on any atom is 0.258 e. The third kappa shape index (κ3) is 4.78. The van der Waals surface area contributed by atoms with Crippen molar-refractivity contribution in [3.05, 3.63) is 101 Å². The van der Waals surface area contributed by atoms with E-state index in [1.807, 2.05) is 23.1 Å². The van der Waals surface area contributed by atoms with Crippen LogP contribution >= 0.6 is 0 Å². The lowest BCUT2D eigenvalue weighted by molar-refractivity contribution is 0.0985. The standard InChI is InChI=1S/C29H32N2O/c32-29(31-18-6-10-26-9-4-5-11-28(26)31)27-14-12-25(13-15-27)22-30-19-16-24(17-20-30)21-23-7-2-1-3-8-23/h1-5,7-9,11-15,24H,6,10,16-22H2. The average Bonchev–Trinajstić information content (AvgIpc) is 2.86. The van der Waals surface area contributed by atoms with Gasteiger partial charge in [-0.25, -0.2) is 0 Å². The summed E-state index contributed by atoms with van der Waals surface area (Å²) in [5.74, 6) is 0.909. The van der Waals surface area contributed by atoms with Gasteiger partial charge in [0.15, 0.2) is 0 Å². The second-order valence-corrected chi connectivity index (χ2v) is 9.30. The normalized spacial score (nSPS) is 17.2. The lowest BCUT2D eigenvalue weighted by atomic mass is 9.90. The molecule has 1 saturated heterocycles. The number of anilines is 1. The Kier molecular flexibility index (Phi) is 6.36. The Bertz CT molecular complexity index is 1040. The van der Waals surface area contributed by atoms with Gasteiger partial charge in [-0.3, -0.25) is 9.69 Å². The van der Waals surface area contributed by atoms with Crippen molar-refractivity contribution in [1.29, 1.82) is 0 Å². The molecule has 0 unspecified atom stereocenters. The van der Waals surface area contributed by atoms with E-state index in [-0.39, 0.29) is 5.91 Å². The zero-order chi connectivity index (χ0) is 21.8. The van der Waals surface area contributed by atoms with E-state index in [2.05, 4.69) is 65.6 Å². The Morgan fingerprint density at radius 2 is 1.50 bits per heavy atom. The summed E-state index contributed by atoms with van der Waals surface area (Å²) in [6, 6.07) is 27.5. The first-order valence-corrected chi connectivity index (χ1v) is 12.0. The van der Waals surface area contributed by atoms with E-state index in [4.69, 9.17) is 0 Å². The van der Waals surface area contributed by atoms with Crippen LogP contribution in [0, 0.1) is 5.92 Å². The van der Waals surface area contributed by atoms with Crippen molar-refractivity contribution in [1.82, 2.24) is 4.90 Å². The zero-order valence-corrected chi connectivity index (χ0v) is 18.7. The molecule has 164 valence electrons. The van der Waals surface area contributed by atoms with Gasteiger partial charge in [-0.1, -0.05) is 60.7 Å². The highest BCUT2D eigenvalue weighted by Gasteiger charge is 2.23. The molecule has 3 aromatic carbocycles. The fourth-order valence-electron chi connectivity index (χ4n) is 5.21. The molecule has 0 aliphatic carbocycles. The van der Waals surface area contributed by atoms with E-state index >= 15 is 0 Å². The molecule has 0 radical (unpaired) electrons. The third-order valence-corrected chi connectivity index (χ3v) is 7.04. The van der Waals surface area contributed by atoms with Crippen LogP contribution in [0.25, 0.3) is 0 Å².